The van der Waals surface area contributed by atoms with E-state index in [2.05, 4.69) is 0 Å². The lowest BCUT2D eigenvalue weighted by molar-refractivity contribution is -0.146. The van der Waals surface area contributed by atoms with Crippen molar-refractivity contribution in [3.63, 3.8) is 0 Å². The summed E-state index contributed by atoms with van der Waals surface area (Å²) >= 11 is 5.68. The van der Waals surface area contributed by atoms with E-state index in [0.29, 0.717) is 19.4 Å². The number of benzene rings is 1. The first-order valence-corrected chi connectivity index (χ1v) is 6.73. The fourth-order valence-electron chi connectivity index (χ4n) is 2.36. The predicted molar refractivity (Wildman–Crippen MR) is 72.1 cm³/mol. The van der Waals surface area contributed by atoms with Crippen molar-refractivity contribution in [1.29, 1.82) is 0 Å². The highest BCUT2D eigenvalue weighted by molar-refractivity contribution is 6.31. The molecule has 1 atom stereocenters. The van der Waals surface area contributed by atoms with Crippen LogP contribution in [0.2, 0.25) is 5.02 Å². The molecular weight excluding hydrogens is 285 g/mol. The molecule has 0 bridgehead atoms. The molecule has 1 amide bonds. The third-order valence-corrected chi connectivity index (χ3v) is 3.72. The Morgan fingerprint density at radius 3 is 2.90 bits per heavy atom. The van der Waals surface area contributed by atoms with E-state index in [1.54, 1.807) is 0 Å². The molecule has 2 rings (SSSR count). The zero-order chi connectivity index (χ0) is 14.7. The fraction of sp³-hybridized carbons (Fsp3) is 0.429. The largest absolute Gasteiger partial charge is 0.469 e. The molecule has 1 aliphatic heterocycles. The highest BCUT2D eigenvalue weighted by Crippen LogP contribution is 2.23. The van der Waals surface area contributed by atoms with Crippen LogP contribution in [0.3, 0.4) is 0 Å². The summed E-state index contributed by atoms with van der Waals surface area (Å²) < 4.78 is 18.6. The van der Waals surface area contributed by atoms with Crippen LogP contribution in [0, 0.1) is 11.7 Å². The van der Waals surface area contributed by atoms with Crippen LogP contribution in [0.1, 0.15) is 23.2 Å². The molecule has 1 aromatic carbocycles. The van der Waals surface area contributed by atoms with Crippen LogP contribution in [0.5, 0.6) is 0 Å². The number of likely N-dealkylation sites (tertiary alicyclic amines) is 1. The monoisotopic (exact) mass is 299 g/mol. The second-order valence-corrected chi connectivity index (χ2v) is 5.12. The number of amides is 1. The minimum atomic E-state index is -0.723. The van der Waals surface area contributed by atoms with Crippen LogP contribution in [0.15, 0.2) is 18.2 Å². The Morgan fingerprint density at radius 2 is 2.20 bits per heavy atom. The van der Waals surface area contributed by atoms with E-state index in [9.17, 15) is 14.0 Å². The lowest BCUT2D eigenvalue weighted by Gasteiger charge is -2.31. The molecule has 1 aromatic rings. The van der Waals surface area contributed by atoms with Crippen LogP contribution in [0.4, 0.5) is 4.39 Å². The van der Waals surface area contributed by atoms with Gasteiger partial charge < -0.3 is 9.64 Å². The lowest BCUT2D eigenvalue weighted by atomic mass is 9.97. The third kappa shape index (κ3) is 2.93. The maximum absolute atomic E-state index is 13.9. The maximum atomic E-state index is 13.9. The quantitative estimate of drug-likeness (QED) is 0.788. The van der Waals surface area contributed by atoms with Crippen LogP contribution < -0.4 is 0 Å². The minimum absolute atomic E-state index is 0.0667. The van der Waals surface area contributed by atoms with E-state index < -0.39 is 11.7 Å². The van der Waals surface area contributed by atoms with Crippen molar-refractivity contribution in [2.75, 3.05) is 20.2 Å². The van der Waals surface area contributed by atoms with Gasteiger partial charge in [0.2, 0.25) is 0 Å². The van der Waals surface area contributed by atoms with Crippen LogP contribution in [-0.4, -0.2) is 37.0 Å². The summed E-state index contributed by atoms with van der Waals surface area (Å²) in [5.74, 6) is -1.85. The maximum Gasteiger partial charge on any atom is 0.310 e. The summed E-state index contributed by atoms with van der Waals surface area (Å²) in [7, 11) is 1.32. The van der Waals surface area contributed by atoms with Crippen LogP contribution >= 0.6 is 11.6 Å². The van der Waals surface area contributed by atoms with Crippen molar-refractivity contribution < 1.29 is 18.7 Å². The van der Waals surface area contributed by atoms with Crippen molar-refractivity contribution in [3.05, 3.63) is 34.6 Å². The van der Waals surface area contributed by atoms with Crippen molar-refractivity contribution in [2.45, 2.75) is 12.8 Å². The Labute approximate surface area is 121 Å². The summed E-state index contributed by atoms with van der Waals surface area (Å²) in [5, 5.41) is -0.0858. The number of rotatable bonds is 2. The topological polar surface area (TPSA) is 46.6 Å². The van der Waals surface area contributed by atoms with Crippen molar-refractivity contribution >= 4 is 23.5 Å². The molecule has 0 N–H and O–H groups in total. The van der Waals surface area contributed by atoms with Gasteiger partial charge in [0.1, 0.15) is 0 Å². The predicted octanol–water partition coefficient (Wildman–Crippen LogP) is 2.50. The molecule has 0 radical (unpaired) electrons. The van der Waals surface area contributed by atoms with Gasteiger partial charge in [0.05, 0.1) is 23.6 Å². The van der Waals surface area contributed by atoms with Gasteiger partial charge in [-0.3, -0.25) is 9.59 Å². The van der Waals surface area contributed by atoms with E-state index in [-0.39, 0.29) is 29.0 Å². The fourth-order valence-corrected chi connectivity index (χ4v) is 2.53. The second-order valence-electron chi connectivity index (χ2n) is 4.71. The van der Waals surface area contributed by atoms with Gasteiger partial charge in [-0.05, 0) is 25.0 Å². The van der Waals surface area contributed by atoms with Gasteiger partial charge in [-0.2, -0.15) is 0 Å². The summed E-state index contributed by atoms with van der Waals surface area (Å²) in [4.78, 5) is 25.3. The zero-order valence-electron chi connectivity index (χ0n) is 11.1. The lowest BCUT2D eigenvalue weighted by Crippen LogP contribution is -2.42. The SMILES string of the molecule is COC(=O)C1CCCN(C(=O)c2cccc(Cl)c2F)C1. The van der Waals surface area contributed by atoms with Gasteiger partial charge in [0, 0.05) is 13.1 Å². The standard InChI is InChI=1S/C14H15ClFNO3/c1-20-14(19)9-4-3-7-17(8-9)13(18)10-5-2-6-11(15)12(10)16/h2,5-6,9H,3-4,7-8H2,1H3. The number of nitrogens with zero attached hydrogens (tertiary/aromatic N) is 1. The van der Waals surface area contributed by atoms with Crippen LogP contribution in [-0.2, 0) is 9.53 Å². The van der Waals surface area contributed by atoms with Crippen molar-refractivity contribution in [2.24, 2.45) is 5.92 Å². The molecule has 1 aliphatic rings. The number of carbonyl (C=O) groups excluding carboxylic acids is 2. The Hall–Kier alpha value is -1.62. The highest BCUT2D eigenvalue weighted by Gasteiger charge is 2.30. The Kier molecular flexibility index (Phi) is 4.60. The molecule has 0 aromatic heterocycles. The first-order valence-electron chi connectivity index (χ1n) is 6.35. The molecule has 1 fully saturated rings. The molecule has 20 heavy (non-hydrogen) atoms. The Balaban J connectivity index is 2.16. The number of esters is 1. The van der Waals surface area contributed by atoms with Gasteiger partial charge in [0.15, 0.2) is 5.82 Å². The summed E-state index contributed by atoms with van der Waals surface area (Å²) in [5.41, 5.74) is -0.0667. The number of ether oxygens (including phenoxy) is 1. The smallest absolute Gasteiger partial charge is 0.310 e. The van der Waals surface area contributed by atoms with Crippen molar-refractivity contribution in [1.82, 2.24) is 4.90 Å². The van der Waals surface area contributed by atoms with Crippen LogP contribution in [0.25, 0.3) is 0 Å². The average molecular weight is 300 g/mol. The first-order chi connectivity index (χ1) is 9.54. The molecular formula is C14H15ClFNO3. The Morgan fingerprint density at radius 1 is 1.45 bits per heavy atom. The van der Waals surface area contributed by atoms with E-state index >= 15 is 0 Å². The summed E-state index contributed by atoms with van der Waals surface area (Å²) in [6, 6.07) is 4.31. The first kappa shape index (κ1) is 14.8. The molecule has 4 nitrogen and oxygen atoms in total. The molecule has 0 aliphatic carbocycles. The number of hydrogen-bond donors (Lipinski definition) is 0. The summed E-state index contributed by atoms with van der Waals surface area (Å²) in [6.07, 6.45) is 1.36. The van der Waals surface area contributed by atoms with E-state index in [1.807, 2.05) is 0 Å². The normalized spacial score (nSPS) is 18.8. The number of piperidine rings is 1. The van der Waals surface area contributed by atoms with Gasteiger partial charge in [-0.25, -0.2) is 4.39 Å². The zero-order valence-corrected chi connectivity index (χ0v) is 11.8. The van der Waals surface area contributed by atoms with E-state index in [4.69, 9.17) is 16.3 Å². The third-order valence-electron chi connectivity index (χ3n) is 3.43. The molecule has 0 saturated carbocycles. The van der Waals surface area contributed by atoms with Gasteiger partial charge in [0.25, 0.3) is 5.91 Å². The highest BCUT2D eigenvalue weighted by atomic mass is 35.5. The van der Waals surface area contributed by atoms with Gasteiger partial charge >= 0.3 is 5.97 Å². The van der Waals surface area contributed by atoms with E-state index in [0.717, 1.165) is 0 Å². The minimum Gasteiger partial charge on any atom is -0.469 e. The second kappa shape index (κ2) is 6.22. The molecule has 108 valence electrons. The summed E-state index contributed by atoms with van der Waals surface area (Å²) in [6.45, 7) is 0.746. The molecule has 1 saturated heterocycles. The van der Waals surface area contributed by atoms with Gasteiger partial charge in [-0.15, -0.1) is 0 Å². The Bertz CT molecular complexity index is 535. The van der Waals surface area contributed by atoms with Gasteiger partial charge in [-0.1, -0.05) is 17.7 Å². The molecule has 1 unspecified atom stereocenters. The number of methoxy groups -OCH3 is 1. The number of carbonyl (C=O) groups is 2. The number of halogens is 2. The van der Waals surface area contributed by atoms with Crippen molar-refractivity contribution in [3.8, 4) is 0 Å². The molecule has 6 heteroatoms. The average Bonchev–Trinajstić information content (AvgIpc) is 2.48. The molecule has 0 spiro atoms. The molecule has 1 heterocycles. The van der Waals surface area contributed by atoms with E-state index in [1.165, 1.54) is 30.2 Å². The number of hydrogen-bond acceptors (Lipinski definition) is 3.